The zero-order valence-corrected chi connectivity index (χ0v) is 18.5. The van der Waals surface area contributed by atoms with Crippen molar-refractivity contribution in [2.45, 2.75) is 29.7 Å². The van der Waals surface area contributed by atoms with E-state index in [0.29, 0.717) is 17.3 Å². The largest absolute Gasteiger partial charge is 0.355 e. The first kappa shape index (κ1) is 20.9. The van der Waals surface area contributed by atoms with Crippen molar-refractivity contribution in [2.24, 2.45) is 5.92 Å². The molecule has 0 spiro atoms. The van der Waals surface area contributed by atoms with E-state index in [1.165, 1.54) is 20.5 Å². The molecule has 1 aliphatic heterocycles. The Morgan fingerprint density at radius 3 is 2.93 bits per heavy atom. The van der Waals surface area contributed by atoms with Gasteiger partial charge < -0.3 is 5.32 Å². The summed E-state index contributed by atoms with van der Waals surface area (Å²) in [6.45, 7) is 3.27. The summed E-state index contributed by atoms with van der Waals surface area (Å²) in [4.78, 5) is 14.8. The van der Waals surface area contributed by atoms with Crippen LogP contribution in [-0.4, -0.2) is 44.0 Å². The molecule has 1 unspecified atom stereocenters. The van der Waals surface area contributed by atoms with E-state index in [1.54, 1.807) is 29.2 Å². The molecular formula is C18H24N2O3S4. The number of hydrogen-bond acceptors (Lipinski definition) is 6. The Morgan fingerprint density at radius 1 is 1.37 bits per heavy atom. The maximum absolute atomic E-state index is 12.8. The first-order valence-electron chi connectivity index (χ1n) is 8.91. The highest BCUT2D eigenvalue weighted by Gasteiger charge is 2.33. The standard InChI is InChI=1S/C18H24N2O3S4/c1-14-6-7-17(26-14)27(22,23)20-9-2-4-15(12-20)18(21)19-8-11-24-13-16-5-3-10-25-16/h3,5-7,10,15H,2,4,8-9,11-13H2,1H3,(H,19,21). The second-order valence-electron chi connectivity index (χ2n) is 6.49. The topological polar surface area (TPSA) is 66.5 Å². The van der Waals surface area contributed by atoms with Gasteiger partial charge in [0.1, 0.15) is 4.21 Å². The average molecular weight is 445 g/mol. The molecular weight excluding hydrogens is 420 g/mol. The Bertz CT molecular complexity index is 846. The normalized spacial score (nSPS) is 18.5. The molecule has 0 saturated carbocycles. The van der Waals surface area contributed by atoms with E-state index in [-0.39, 0.29) is 18.4 Å². The fourth-order valence-corrected chi connectivity index (χ4v) is 7.67. The van der Waals surface area contributed by atoms with Gasteiger partial charge in [-0.1, -0.05) is 6.07 Å². The van der Waals surface area contributed by atoms with E-state index in [1.807, 2.05) is 19.1 Å². The number of thioether (sulfide) groups is 1. The van der Waals surface area contributed by atoms with E-state index in [2.05, 4.69) is 16.8 Å². The van der Waals surface area contributed by atoms with Gasteiger partial charge in [0.25, 0.3) is 10.0 Å². The van der Waals surface area contributed by atoms with Gasteiger partial charge >= 0.3 is 0 Å². The summed E-state index contributed by atoms with van der Waals surface area (Å²) >= 11 is 4.82. The summed E-state index contributed by atoms with van der Waals surface area (Å²) < 4.78 is 27.4. The molecule has 0 aliphatic carbocycles. The van der Waals surface area contributed by atoms with Crippen LogP contribution in [0.3, 0.4) is 0 Å². The molecule has 3 heterocycles. The second-order valence-corrected chi connectivity index (χ2v) is 12.1. The first-order valence-corrected chi connectivity index (χ1v) is 13.2. The van der Waals surface area contributed by atoms with Gasteiger partial charge in [-0.05, 0) is 43.3 Å². The van der Waals surface area contributed by atoms with E-state index in [9.17, 15) is 13.2 Å². The summed E-state index contributed by atoms with van der Waals surface area (Å²) in [6.07, 6.45) is 1.46. The quantitative estimate of drug-likeness (QED) is 0.632. The predicted octanol–water partition coefficient (Wildman–Crippen LogP) is 3.57. The summed E-state index contributed by atoms with van der Waals surface area (Å²) in [5.74, 6) is 1.52. The predicted molar refractivity (Wildman–Crippen MR) is 114 cm³/mol. The number of nitrogens with zero attached hydrogens (tertiary/aromatic N) is 1. The smallest absolute Gasteiger partial charge is 0.252 e. The number of aryl methyl sites for hydroxylation is 1. The Morgan fingerprint density at radius 2 is 2.22 bits per heavy atom. The van der Waals surface area contributed by atoms with Crippen molar-refractivity contribution < 1.29 is 13.2 Å². The third-order valence-corrected chi connectivity index (χ3v) is 9.84. The van der Waals surface area contributed by atoms with E-state index >= 15 is 0 Å². The highest BCUT2D eigenvalue weighted by atomic mass is 32.2. The van der Waals surface area contributed by atoms with Gasteiger partial charge in [-0.2, -0.15) is 16.1 Å². The molecule has 0 radical (unpaired) electrons. The van der Waals surface area contributed by atoms with Crippen LogP contribution < -0.4 is 5.32 Å². The van der Waals surface area contributed by atoms with Gasteiger partial charge in [-0.25, -0.2) is 8.42 Å². The minimum absolute atomic E-state index is 0.0333. The van der Waals surface area contributed by atoms with Gasteiger partial charge in [0, 0.05) is 40.9 Å². The molecule has 2 aromatic rings. The zero-order valence-electron chi connectivity index (χ0n) is 15.2. The van der Waals surface area contributed by atoms with Gasteiger partial charge in [-0.15, -0.1) is 22.7 Å². The van der Waals surface area contributed by atoms with Crippen LogP contribution in [0.5, 0.6) is 0 Å². The number of thiophene rings is 2. The molecule has 1 saturated heterocycles. The highest BCUT2D eigenvalue weighted by Crippen LogP contribution is 2.28. The lowest BCUT2D eigenvalue weighted by Crippen LogP contribution is -2.45. The highest BCUT2D eigenvalue weighted by molar-refractivity contribution is 7.98. The molecule has 1 amide bonds. The zero-order chi connectivity index (χ0) is 19.3. The number of hydrogen-bond donors (Lipinski definition) is 1. The van der Waals surface area contributed by atoms with Crippen LogP contribution in [0.4, 0.5) is 0 Å². The number of carbonyl (C=O) groups is 1. The second kappa shape index (κ2) is 9.56. The molecule has 27 heavy (non-hydrogen) atoms. The molecule has 1 aliphatic rings. The lowest BCUT2D eigenvalue weighted by Gasteiger charge is -2.30. The number of carbonyl (C=O) groups excluding carboxylic acids is 1. The number of rotatable bonds is 8. The number of amides is 1. The van der Waals surface area contributed by atoms with Crippen LogP contribution in [0.2, 0.25) is 0 Å². The van der Waals surface area contributed by atoms with Gasteiger partial charge in [-0.3, -0.25) is 4.79 Å². The van der Waals surface area contributed by atoms with Gasteiger partial charge in [0.05, 0.1) is 5.92 Å². The lowest BCUT2D eigenvalue weighted by molar-refractivity contribution is -0.125. The summed E-state index contributed by atoms with van der Waals surface area (Å²) in [6, 6.07) is 7.63. The molecule has 148 valence electrons. The Labute approximate surface area is 173 Å². The fraction of sp³-hybridized carbons (Fsp3) is 0.500. The SMILES string of the molecule is Cc1ccc(S(=O)(=O)N2CCCC(C(=O)NCCSCc3cccs3)C2)s1. The summed E-state index contributed by atoms with van der Waals surface area (Å²) in [7, 11) is -3.49. The van der Waals surface area contributed by atoms with Crippen molar-refractivity contribution in [3.8, 4) is 0 Å². The van der Waals surface area contributed by atoms with Crippen LogP contribution in [0.15, 0.2) is 33.9 Å². The molecule has 0 bridgehead atoms. The maximum Gasteiger partial charge on any atom is 0.252 e. The Kier molecular flexibility index (Phi) is 7.38. The number of piperidine rings is 1. The van der Waals surface area contributed by atoms with Crippen LogP contribution in [0.25, 0.3) is 0 Å². The maximum atomic E-state index is 12.8. The van der Waals surface area contributed by atoms with Crippen molar-refractivity contribution in [3.63, 3.8) is 0 Å². The molecule has 3 rings (SSSR count). The van der Waals surface area contributed by atoms with Crippen LogP contribution >= 0.6 is 34.4 Å². The third-order valence-electron chi connectivity index (χ3n) is 4.43. The molecule has 5 nitrogen and oxygen atoms in total. The average Bonchev–Trinajstić information content (AvgIpc) is 3.33. The van der Waals surface area contributed by atoms with E-state index in [4.69, 9.17) is 0 Å². The van der Waals surface area contributed by atoms with Crippen LogP contribution in [0, 0.1) is 12.8 Å². The molecule has 1 atom stereocenters. The molecule has 1 N–H and O–H groups in total. The monoisotopic (exact) mass is 444 g/mol. The molecule has 0 aromatic carbocycles. The van der Waals surface area contributed by atoms with Gasteiger partial charge in [0.15, 0.2) is 0 Å². The molecule has 9 heteroatoms. The van der Waals surface area contributed by atoms with Crippen molar-refractivity contribution in [1.82, 2.24) is 9.62 Å². The fourth-order valence-electron chi connectivity index (χ4n) is 3.01. The third kappa shape index (κ3) is 5.57. The Hall–Kier alpha value is -0.870. The van der Waals surface area contributed by atoms with Crippen LogP contribution in [0.1, 0.15) is 22.6 Å². The summed E-state index contributed by atoms with van der Waals surface area (Å²) in [5.41, 5.74) is 0. The summed E-state index contributed by atoms with van der Waals surface area (Å²) in [5, 5.41) is 5.04. The number of nitrogens with one attached hydrogen (secondary N) is 1. The number of sulfonamides is 1. The molecule has 1 fully saturated rings. The molecule has 2 aromatic heterocycles. The van der Waals surface area contributed by atoms with Crippen molar-refractivity contribution in [2.75, 3.05) is 25.4 Å². The Balaban J connectivity index is 1.46. The van der Waals surface area contributed by atoms with E-state index < -0.39 is 10.0 Å². The van der Waals surface area contributed by atoms with E-state index in [0.717, 1.165) is 29.2 Å². The van der Waals surface area contributed by atoms with Crippen molar-refractivity contribution >= 4 is 50.4 Å². The minimum atomic E-state index is -3.49. The van der Waals surface area contributed by atoms with Crippen LogP contribution in [-0.2, 0) is 20.6 Å². The first-order chi connectivity index (χ1) is 13.0. The van der Waals surface area contributed by atoms with Crippen molar-refractivity contribution in [3.05, 3.63) is 39.4 Å². The minimum Gasteiger partial charge on any atom is -0.355 e. The van der Waals surface area contributed by atoms with Crippen molar-refractivity contribution in [1.29, 1.82) is 0 Å². The lowest BCUT2D eigenvalue weighted by atomic mass is 9.99. The van der Waals surface area contributed by atoms with Gasteiger partial charge in [0.2, 0.25) is 5.91 Å².